The third-order valence-electron chi connectivity index (χ3n) is 5.89. The molecule has 0 amide bonds. The van der Waals surface area contributed by atoms with Crippen molar-refractivity contribution in [1.82, 2.24) is 4.98 Å². The minimum atomic E-state index is -0.364. The van der Waals surface area contributed by atoms with Crippen molar-refractivity contribution in [3.8, 4) is 0 Å². The number of benzene rings is 1. The van der Waals surface area contributed by atoms with Gasteiger partial charge in [0.25, 0.3) is 0 Å². The number of carbonyl (C=O) groups is 1. The van der Waals surface area contributed by atoms with Crippen molar-refractivity contribution in [2.45, 2.75) is 45.4 Å². The van der Waals surface area contributed by atoms with E-state index in [-0.39, 0.29) is 5.41 Å². The van der Waals surface area contributed by atoms with Crippen molar-refractivity contribution in [3.05, 3.63) is 57.6 Å². The predicted molar refractivity (Wildman–Crippen MR) is 103 cm³/mol. The minimum Gasteiger partial charge on any atom is -0.342 e. The third kappa shape index (κ3) is 2.38. The molecule has 1 aliphatic carbocycles. The minimum absolute atomic E-state index is 0.303. The number of allylic oxidation sites excluding steroid dienone is 2. The Hall–Kier alpha value is -1.94. The molecule has 0 fully saturated rings. The Labute approximate surface area is 153 Å². The SMILES string of the molecule is CC[C@]1(c2ccccc2)C2=C(C[C@H](C(C)C)CC2=O)Nc2ncsc21. The number of rotatable bonds is 3. The molecule has 2 aromatic rings. The highest BCUT2D eigenvalue weighted by atomic mass is 32.1. The maximum atomic E-state index is 13.3. The zero-order chi connectivity index (χ0) is 17.6. The van der Waals surface area contributed by atoms with Crippen LogP contribution in [0.2, 0.25) is 0 Å². The lowest BCUT2D eigenvalue weighted by Gasteiger charge is -2.43. The maximum absolute atomic E-state index is 13.3. The number of carbonyl (C=O) groups excluding carboxylic acids is 1. The van der Waals surface area contributed by atoms with E-state index in [0.29, 0.717) is 24.0 Å². The molecule has 4 rings (SSSR count). The van der Waals surface area contributed by atoms with Gasteiger partial charge in [-0.05, 0) is 30.2 Å². The summed E-state index contributed by atoms with van der Waals surface area (Å²) in [5, 5.41) is 3.51. The molecule has 0 saturated heterocycles. The van der Waals surface area contributed by atoms with Crippen molar-refractivity contribution in [2.75, 3.05) is 5.32 Å². The lowest BCUT2D eigenvalue weighted by atomic mass is 9.63. The second-order valence-corrected chi connectivity index (χ2v) is 8.32. The first-order chi connectivity index (χ1) is 12.1. The molecule has 1 aliphatic heterocycles. The van der Waals surface area contributed by atoms with Gasteiger partial charge in [-0.25, -0.2) is 4.98 Å². The van der Waals surface area contributed by atoms with Crippen LogP contribution in [-0.2, 0) is 10.2 Å². The highest BCUT2D eigenvalue weighted by Gasteiger charge is 2.49. The molecule has 2 aliphatic rings. The molecule has 25 heavy (non-hydrogen) atoms. The van der Waals surface area contributed by atoms with Crippen molar-refractivity contribution in [1.29, 1.82) is 0 Å². The summed E-state index contributed by atoms with van der Waals surface area (Å²) in [6.45, 7) is 6.62. The molecule has 2 atom stereocenters. The molecule has 0 unspecified atom stereocenters. The summed E-state index contributed by atoms with van der Waals surface area (Å²) in [5.74, 6) is 2.15. The van der Waals surface area contributed by atoms with E-state index in [2.05, 4.69) is 55.3 Å². The summed E-state index contributed by atoms with van der Waals surface area (Å²) in [7, 11) is 0. The van der Waals surface area contributed by atoms with E-state index in [0.717, 1.165) is 29.9 Å². The normalized spacial score (nSPS) is 25.6. The topological polar surface area (TPSA) is 42.0 Å². The molecule has 1 aromatic carbocycles. The number of ketones is 1. The Balaban J connectivity index is 1.96. The quantitative estimate of drug-likeness (QED) is 0.830. The number of nitrogens with zero attached hydrogens (tertiary/aromatic N) is 1. The van der Waals surface area contributed by atoms with Crippen molar-refractivity contribution < 1.29 is 4.79 Å². The first-order valence-corrected chi connectivity index (χ1v) is 9.99. The Morgan fingerprint density at radius 2 is 2.04 bits per heavy atom. The van der Waals surface area contributed by atoms with E-state index in [4.69, 9.17) is 0 Å². The van der Waals surface area contributed by atoms with E-state index in [1.165, 1.54) is 10.4 Å². The maximum Gasteiger partial charge on any atom is 0.162 e. The number of anilines is 1. The lowest BCUT2D eigenvalue weighted by molar-refractivity contribution is -0.118. The number of fused-ring (bicyclic) bond motifs is 1. The van der Waals surface area contributed by atoms with Gasteiger partial charge in [-0.1, -0.05) is 51.1 Å². The van der Waals surface area contributed by atoms with Gasteiger partial charge < -0.3 is 5.32 Å². The summed E-state index contributed by atoms with van der Waals surface area (Å²) in [6, 6.07) is 10.5. The third-order valence-corrected chi connectivity index (χ3v) is 6.87. The Morgan fingerprint density at radius 1 is 1.28 bits per heavy atom. The van der Waals surface area contributed by atoms with Crippen molar-refractivity contribution >= 4 is 22.9 Å². The summed E-state index contributed by atoms with van der Waals surface area (Å²) < 4.78 is 0. The summed E-state index contributed by atoms with van der Waals surface area (Å²) in [5.41, 5.74) is 4.81. The first kappa shape index (κ1) is 16.5. The molecular formula is C21H24N2OS. The molecule has 2 heterocycles. The highest BCUT2D eigenvalue weighted by molar-refractivity contribution is 7.10. The van der Waals surface area contributed by atoms with Crippen LogP contribution in [0, 0.1) is 11.8 Å². The summed E-state index contributed by atoms with van der Waals surface area (Å²) in [4.78, 5) is 19.1. The van der Waals surface area contributed by atoms with Crippen LogP contribution < -0.4 is 5.32 Å². The molecule has 0 bridgehead atoms. The predicted octanol–water partition coefficient (Wildman–Crippen LogP) is 5.15. The van der Waals surface area contributed by atoms with Crippen LogP contribution in [0.1, 0.15) is 50.5 Å². The number of Topliss-reactive ketones (excluding diaryl/α,β-unsaturated/α-hetero) is 1. The number of thiazole rings is 1. The number of nitrogens with one attached hydrogen (secondary N) is 1. The van der Waals surface area contributed by atoms with Crippen LogP contribution in [0.5, 0.6) is 0 Å². The Kier molecular flexibility index (Phi) is 4.03. The number of aromatic nitrogens is 1. The largest absolute Gasteiger partial charge is 0.342 e. The van der Waals surface area contributed by atoms with Gasteiger partial charge in [0.1, 0.15) is 5.82 Å². The van der Waals surface area contributed by atoms with Crippen LogP contribution in [0.15, 0.2) is 47.1 Å². The fourth-order valence-electron chi connectivity index (χ4n) is 4.46. The van der Waals surface area contributed by atoms with Crippen LogP contribution in [-0.4, -0.2) is 10.8 Å². The number of hydrogen-bond acceptors (Lipinski definition) is 4. The van der Waals surface area contributed by atoms with Crippen LogP contribution in [0.4, 0.5) is 5.82 Å². The van der Waals surface area contributed by atoms with E-state index >= 15 is 0 Å². The molecule has 1 aromatic heterocycles. The van der Waals surface area contributed by atoms with E-state index in [1.807, 2.05) is 11.6 Å². The lowest BCUT2D eigenvalue weighted by Crippen LogP contribution is -2.41. The van der Waals surface area contributed by atoms with Gasteiger partial charge in [-0.2, -0.15) is 0 Å². The summed E-state index contributed by atoms with van der Waals surface area (Å²) in [6.07, 6.45) is 2.45. The van der Waals surface area contributed by atoms with Crippen LogP contribution in [0.25, 0.3) is 0 Å². The molecule has 0 spiro atoms. The van der Waals surface area contributed by atoms with Crippen molar-refractivity contribution in [2.24, 2.45) is 11.8 Å². The molecular weight excluding hydrogens is 328 g/mol. The van der Waals surface area contributed by atoms with Gasteiger partial charge in [-0.15, -0.1) is 11.3 Å². The standard InChI is InChI=1S/C21H24N2OS/c1-4-21(15-8-6-5-7-9-15)18-16(23-20-19(21)25-12-22-20)10-14(13(2)3)11-17(18)24/h5-9,12-14,23H,4,10-11H2,1-3H3/t14-,21-/m0/s1. The Morgan fingerprint density at radius 3 is 2.72 bits per heavy atom. The second kappa shape index (κ2) is 6.10. The van der Waals surface area contributed by atoms with Gasteiger partial charge in [0.15, 0.2) is 5.78 Å². The van der Waals surface area contributed by atoms with Gasteiger partial charge in [0.05, 0.1) is 15.8 Å². The molecule has 130 valence electrons. The average Bonchev–Trinajstić information content (AvgIpc) is 3.09. The zero-order valence-electron chi connectivity index (χ0n) is 15.0. The Bertz CT molecular complexity index is 837. The molecule has 4 heteroatoms. The van der Waals surface area contributed by atoms with Gasteiger partial charge >= 0.3 is 0 Å². The van der Waals surface area contributed by atoms with Crippen LogP contribution in [0.3, 0.4) is 0 Å². The van der Waals surface area contributed by atoms with Gasteiger partial charge in [0, 0.05) is 17.7 Å². The van der Waals surface area contributed by atoms with E-state index in [1.54, 1.807) is 11.3 Å². The fraction of sp³-hybridized carbons (Fsp3) is 0.429. The zero-order valence-corrected chi connectivity index (χ0v) is 15.8. The first-order valence-electron chi connectivity index (χ1n) is 9.11. The summed E-state index contributed by atoms with van der Waals surface area (Å²) >= 11 is 1.66. The smallest absolute Gasteiger partial charge is 0.162 e. The molecule has 0 saturated carbocycles. The monoisotopic (exact) mass is 352 g/mol. The van der Waals surface area contributed by atoms with Gasteiger partial charge in [-0.3, -0.25) is 4.79 Å². The average molecular weight is 353 g/mol. The number of hydrogen-bond donors (Lipinski definition) is 1. The van der Waals surface area contributed by atoms with E-state index in [9.17, 15) is 4.79 Å². The van der Waals surface area contributed by atoms with Gasteiger partial charge in [0.2, 0.25) is 0 Å². The fourth-order valence-corrected chi connectivity index (χ4v) is 5.50. The van der Waals surface area contributed by atoms with E-state index < -0.39 is 0 Å². The second-order valence-electron chi connectivity index (χ2n) is 7.47. The van der Waals surface area contributed by atoms with Crippen molar-refractivity contribution in [3.63, 3.8) is 0 Å². The van der Waals surface area contributed by atoms with Crippen LogP contribution >= 0.6 is 11.3 Å². The molecule has 3 nitrogen and oxygen atoms in total. The molecule has 1 N–H and O–H groups in total. The highest BCUT2D eigenvalue weighted by Crippen LogP contribution is 2.54. The molecule has 0 radical (unpaired) electrons.